The van der Waals surface area contributed by atoms with E-state index in [0.717, 1.165) is 23.6 Å². The normalized spacial score (nSPS) is 12.8. The van der Waals surface area contributed by atoms with Crippen LogP contribution in [0.4, 0.5) is 5.82 Å². The van der Waals surface area contributed by atoms with E-state index >= 15 is 0 Å². The summed E-state index contributed by atoms with van der Waals surface area (Å²) in [6, 6.07) is 0.394. The van der Waals surface area contributed by atoms with E-state index in [9.17, 15) is 0 Å². The van der Waals surface area contributed by atoms with E-state index in [4.69, 9.17) is 11.6 Å². The Morgan fingerprint density at radius 2 is 2.06 bits per heavy atom. The summed E-state index contributed by atoms with van der Waals surface area (Å²) in [4.78, 5) is 8.34. The molecule has 3 nitrogen and oxygen atoms in total. The van der Waals surface area contributed by atoms with Crippen molar-refractivity contribution in [3.05, 3.63) is 17.0 Å². The zero-order chi connectivity index (χ0) is 12.8. The fraction of sp³-hybridized carbons (Fsp3) is 0.667. The van der Waals surface area contributed by atoms with E-state index in [2.05, 4.69) is 42.3 Å². The molecule has 1 heterocycles. The van der Waals surface area contributed by atoms with Crippen molar-refractivity contribution < 1.29 is 0 Å². The first-order valence-corrected chi connectivity index (χ1v) is 7.59. The van der Waals surface area contributed by atoms with Crippen LogP contribution in [-0.2, 0) is 0 Å². The van der Waals surface area contributed by atoms with Gasteiger partial charge in [-0.05, 0) is 31.3 Å². The van der Waals surface area contributed by atoms with Crippen LogP contribution >= 0.6 is 23.4 Å². The van der Waals surface area contributed by atoms with Crippen LogP contribution in [-0.4, -0.2) is 28.0 Å². The van der Waals surface area contributed by atoms with Gasteiger partial charge in [0.15, 0.2) is 0 Å². The van der Waals surface area contributed by atoms with Gasteiger partial charge in [0.2, 0.25) is 0 Å². The van der Waals surface area contributed by atoms with Gasteiger partial charge in [-0.2, -0.15) is 11.8 Å². The lowest BCUT2D eigenvalue weighted by molar-refractivity contribution is 0.755. The number of aromatic nitrogens is 2. The molecular weight excluding hydrogens is 254 g/mol. The monoisotopic (exact) mass is 273 g/mol. The maximum atomic E-state index is 6.12. The number of thioether (sulfide) groups is 1. The molecule has 0 spiro atoms. The smallest absolute Gasteiger partial charge is 0.138 e. The van der Waals surface area contributed by atoms with Crippen LogP contribution < -0.4 is 5.32 Å². The summed E-state index contributed by atoms with van der Waals surface area (Å²) in [5.74, 6) is 2.33. The van der Waals surface area contributed by atoms with Crippen LogP contribution in [0.25, 0.3) is 0 Å². The third-order valence-corrected chi connectivity index (χ3v) is 3.50. The highest BCUT2D eigenvalue weighted by atomic mass is 35.5. The van der Waals surface area contributed by atoms with Crippen molar-refractivity contribution in [3.63, 3.8) is 0 Å². The minimum atomic E-state index is 0.318. The fourth-order valence-corrected chi connectivity index (χ4v) is 2.54. The second-order valence-corrected chi connectivity index (χ2v) is 5.75. The van der Waals surface area contributed by atoms with E-state index in [-0.39, 0.29) is 0 Å². The number of nitrogens with one attached hydrogen (secondary N) is 1. The summed E-state index contributed by atoms with van der Waals surface area (Å²) < 4.78 is 0. The van der Waals surface area contributed by atoms with Crippen molar-refractivity contribution in [1.29, 1.82) is 0 Å². The van der Waals surface area contributed by atoms with Gasteiger partial charge in [0.25, 0.3) is 0 Å². The molecule has 0 saturated carbocycles. The topological polar surface area (TPSA) is 37.8 Å². The van der Waals surface area contributed by atoms with Crippen molar-refractivity contribution in [3.8, 4) is 0 Å². The number of nitrogens with zero attached hydrogens (tertiary/aromatic N) is 2. The molecule has 1 rings (SSSR count). The third-order valence-electron chi connectivity index (χ3n) is 2.55. The molecule has 5 heteroatoms. The summed E-state index contributed by atoms with van der Waals surface area (Å²) in [5.41, 5.74) is 1.00. The summed E-state index contributed by atoms with van der Waals surface area (Å²) in [5, 5.41) is 3.97. The first kappa shape index (κ1) is 14.6. The van der Waals surface area contributed by atoms with E-state index in [0.29, 0.717) is 17.1 Å². The number of anilines is 1. The van der Waals surface area contributed by atoms with Crippen molar-refractivity contribution in [2.75, 3.05) is 17.3 Å². The maximum absolute atomic E-state index is 6.12. The van der Waals surface area contributed by atoms with Gasteiger partial charge in [0.05, 0.1) is 0 Å². The van der Waals surface area contributed by atoms with Crippen molar-refractivity contribution in [2.24, 2.45) is 0 Å². The van der Waals surface area contributed by atoms with E-state index in [1.807, 2.05) is 11.8 Å². The molecule has 1 aromatic heterocycles. The van der Waals surface area contributed by atoms with Gasteiger partial charge in [0.1, 0.15) is 17.3 Å². The second kappa shape index (κ2) is 7.07. The molecule has 0 bridgehead atoms. The van der Waals surface area contributed by atoms with Gasteiger partial charge in [-0.15, -0.1) is 0 Å². The maximum Gasteiger partial charge on any atom is 0.138 e. The first-order valence-electron chi connectivity index (χ1n) is 5.82. The second-order valence-electron chi connectivity index (χ2n) is 4.41. The molecule has 1 unspecified atom stereocenters. The Labute approximate surface area is 113 Å². The summed E-state index contributed by atoms with van der Waals surface area (Å²) in [6.07, 6.45) is 4.74. The Kier molecular flexibility index (Phi) is 6.06. The highest BCUT2D eigenvalue weighted by Gasteiger charge is 2.14. The van der Waals surface area contributed by atoms with Crippen molar-refractivity contribution in [1.82, 2.24) is 9.97 Å². The molecule has 1 N–H and O–H groups in total. The molecule has 96 valence electrons. The number of hydrogen-bond donors (Lipinski definition) is 1. The summed E-state index contributed by atoms with van der Waals surface area (Å²) in [7, 11) is 0. The lowest BCUT2D eigenvalue weighted by atomic mass is 10.1. The molecule has 0 aromatic carbocycles. The molecule has 0 radical (unpaired) electrons. The standard InChI is InChI=1S/C12H20ClN3S/c1-8(2)10-11(13)14-7-15-12(10)16-9(3)5-6-17-4/h7-9H,5-6H2,1-4H3,(H,14,15,16). The number of halogens is 1. The minimum absolute atomic E-state index is 0.318. The van der Waals surface area contributed by atoms with Gasteiger partial charge in [-0.25, -0.2) is 9.97 Å². The molecular formula is C12H20ClN3S. The Bertz CT molecular complexity index is 358. The number of rotatable bonds is 6. The molecule has 1 aromatic rings. The molecule has 0 saturated heterocycles. The predicted octanol–water partition coefficient (Wildman–Crippen LogP) is 3.81. The molecule has 0 aliphatic carbocycles. The molecule has 0 fully saturated rings. The van der Waals surface area contributed by atoms with E-state index in [1.165, 1.54) is 6.33 Å². The zero-order valence-electron chi connectivity index (χ0n) is 10.8. The molecule has 17 heavy (non-hydrogen) atoms. The quantitative estimate of drug-likeness (QED) is 0.800. The van der Waals surface area contributed by atoms with Gasteiger partial charge in [-0.3, -0.25) is 0 Å². The first-order chi connectivity index (χ1) is 8.06. The summed E-state index contributed by atoms with van der Waals surface area (Å²) in [6.45, 7) is 6.36. The fourth-order valence-electron chi connectivity index (χ4n) is 1.60. The third kappa shape index (κ3) is 4.36. The van der Waals surface area contributed by atoms with Gasteiger partial charge in [-0.1, -0.05) is 25.4 Å². The van der Waals surface area contributed by atoms with Gasteiger partial charge in [0, 0.05) is 11.6 Å². The highest BCUT2D eigenvalue weighted by molar-refractivity contribution is 7.98. The lowest BCUT2D eigenvalue weighted by Crippen LogP contribution is -2.18. The van der Waals surface area contributed by atoms with Crippen LogP contribution in [0.2, 0.25) is 5.15 Å². The molecule has 0 aliphatic rings. The lowest BCUT2D eigenvalue weighted by Gasteiger charge is -2.18. The van der Waals surface area contributed by atoms with Gasteiger partial charge >= 0.3 is 0 Å². The van der Waals surface area contributed by atoms with E-state index < -0.39 is 0 Å². The van der Waals surface area contributed by atoms with E-state index in [1.54, 1.807) is 0 Å². The average molecular weight is 274 g/mol. The molecule has 1 atom stereocenters. The number of hydrogen-bond acceptors (Lipinski definition) is 4. The Hall–Kier alpha value is -0.480. The molecule has 0 amide bonds. The SMILES string of the molecule is CSCCC(C)Nc1ncnc(Cl)c1C(C)C. The van der Waals surface area contributed by atoms with Gasteiger partial charge < -0.3 is 5.32 Å². The Balaban J connectivity index is 2.79. The van der Waals surface area contributed by atoms with Crippen LogP contribution in [0, 0.1) is 0 Å². The largest absolute Gasteiger partial charge is 0.367 e. The van der Waals surface area contributed by atoms with Crippen LogP contribution in [0.5, 0.6) is 0 Å². The average Bonchev–Trinajstić information content (AvgIpc) is 2.25. The van der Waals surface area contributed by atoms with Crippen LogP contribution in [0.3, 0.4) is 0 Å². The summed E-state index contributed by atoms with van der Waals surface area (Å²) >= 11 is 7.97. The van der Waals surface area contributed by atoms with Crippen molar-refractivity contribution >= 4 is 29.2 Å². The zero-order valence-corrected chi connectivity index (χ0v) is 12.4. The Morgan fingerprint density at radius 1 is 1.35 bits per heavy atom. The Morgan fingerprint density at radius 3 is 2.65 bits per heavy atom. The minimum Gasteiger partial charge on any atom is -0.367 e. The highest BCUT2D eigenvalue weighted by Crippen LogP contribution is 2.28. The van der Waals surface area contributed by atoms with Crippen molar-refractivity contribution in [2.45, 2.75) is 39.2 Å². The predicted molar refractivity (Wildman–Crippen MR) is 77.2 cm³/mol. The van der Waals surface area contributed by atoms with Crippen LogP contribution in [0.1, 0.15) is 38.7 Å². The van der Waals surface area contributed by atoms with Crippen LogP contribution in [0.15, 0.2) is 6.33 Å². The molecule has 0 aliphatic heterocycles.